The molecule has 11 heteroatoms. The highest BCUT2D eigenvalue weighted by atomic mass is 32.1. The van der Waals surface area contributed by atoms with Crippen LogP contribution >= 0.6 is 11.3 Å². The molecule has 2 aromatic carbocycles. The summed E-state index contributed by atoms with van der Waals surface area (Å²) in [5.74, 6) is 0.451. The molecule has 7 nitrogen and oxygen atoms in total. The minimum atomic E-state index is -4.54. The number of carbonyl (C=O) groups is 1. The van der Waals surface area contributed by atoms with Crippen LogP contribution < -0.4 is 19.9 Å². The highest BCUT2D eigenvalue weighted by molar-refractivity contribution is 7.17. The van der Waals surface area contributed by atoms with Crippen molar-refractivity contribution in [1.29, 1.82) is 0 Å². The second-order valence-corrected chi connectivity index (χ2v) is 8.71. The molecule has 0 aliphatic heterocycles. The summed E-state index contributed by atoms with van der Waals surface area (Å²) in [6.07, 6.45) is -3.14. The van der Waals surface area contributed by atoms with E-state index in [4.69, 9.17) is 24.7 Å². The number of pyridine rings is 1. The lowest BCUT2D eigenvalue weighted by molar-refractivity contribution is -0.138. The van der Waals surface area contributed by atoms with Crippen molar-refractivity contribution < 1.29 is 36.9 Å². The van der Waals surface area contributed by atoms with Crippen LogP contribution in [0.3, 0.4) is 0 Å². The number of anilines is 1. The van der Waals surface area contributed by atoms with Gasteiger partial charge in [0.15, 0.2) is 0 Å². The molecule has 194 valence electrons. The zero-order valence-electron chi connectivity index (χ0n) is 19.9. The molecule has 0 atom stereocenters. The van der Waals surface area contributed by atoms with E-state index in [2.05, 4.69) is 4.98 Å². The quantitative estimate of drug-likeness (QED) is 0.255. The molecular formula is C26H23F3N2O5S. The largest absolute Gasteiger partial charge is 0.496 e. The molecule has 4 rings (SSSR count). The lowest BCUT2D eigenvalue weighted by atomic mass is 10.1. The van der Waals surface area contributed by atoms with Crippen LogP contribution in [0.4, 0.5) is 19.0 Å². The van der Waals surface area contributed by atoms with Gasteiger partial charge in [-0.05, 0) is 42.1 Å². The fourth-order valence-electron chi connectivity index (χ4n) is 3.64. The number of halogens is 3. The molecule has 0 amide bonds. The Balaban J connectivity index is 1.46. The van der Waals surface area contributed by atoms with Gasteiger partial charge < -0.3 is 24.7 Å². The molecule has 0 fully saturated rings. The molecule has 0 bridgehead atoms. The summed E-state index contributed by atoms with van der Waals surface area (Å²) in [4.78, 5) is 16.4. The molecule has 37 heavy (non-hydrogen) atoms. The lowest BCUT2D eigenvalue weighted by Crippen LogP contribution is -2.09. The minimum Gasteiger partial charge on any atom is -0.496 e. The number of nitrogen functional groups attached to an aromatic ring is 1. The standard InChI is InChI=1S/C26H23F3N2O5S/c1-3-34-25(32)19-11-31-24(30)22-16(14-37-23(19)22)13-36-18-6-4-5-17(10-18)35-12-15-7-8-21(33-2)20(9-15)26(27,28)29/h4-11,14H,3,12-13H2,1-2H3,(H2,30,31). The first-order valence-electron chi connectivity index (χ1n) is 11.1. The van der Waals surface area contributed by atoms with E-state index in [0.717, 1.165) is 11.6 Å². The fraction of sp³-hybridized carbons (Fsp3) is 0.231. The third kappa shape index (κ3) is 5.88. The van der Waals surface area contributed by atoms with Gasteiger partial charge in [0.2, 0.25) is 0 Å². The number of ether oxygens (including phenoxy) is 4. The molecule has 2 N–H and O–H groups in total. The van der Waals surface area contributed by atoms with Crippen LogP contribution in [0.5, 0.6) is 17.2 Å². The van der Waals surface area contributed by atoms with Gasteiger partial charge in [0.05, 0.1) is 29.5 Å². The van der Waals surface area contributed by atoms with Crippen LogP contribution in [0.2, 0.25) is 0 Å². The van der Waals surface area contributed by atoms with Crippen molar-refractivity contribution >= 4 is 33.2 Å². The topological polar surface area (TPSA) is 92.9 Å². The second-order valence-electron chi connectivity index (χ2n) is 7.83. The Bertz CT molecular complexity index is 1420. The summed E-state index contributed by atoms with van der Waals surface area (Å²) in [5, 5.41) is 2.47. The van der Waals surface area contributed by atoms with Gasteiger partial charge in [0.25, 0.3) is 0 Å². The minimum absolute atomic E-state index is 0.0788. The molecule has 2 heterocycles. The van der Waals surface area contributed by atoms with E-state index in [1.54, 1.807) is 31.2 Å². The summed E-state index contributed by atoms with van der Waals surface area (Å²) in [7, 11) is 1.19. The van der Waals surface area contributed by atoms with Crippen LogP contribution in [0, 0.1) is 0 Å². The van der Waals surface area contributed by atoms with Crippen molar-refractivity contribution in [2.45, 2.75) is 26.3 Å². The molecule has 0 radical (unpaired) electrons. The predicted molar refractivity (Wildman–Crippen MR) is 133 cm³/mol. The number of rotatable bonds is 9. The van der Waals surface area contributed by atoms with Crippen LogP contribution in [0.15, 0.2) is 54.0 Å². The second kappa shape index (κ2) is 11.0. The third-order valence-corrected chi connectivity index (χ3v) is 6.43. The van der Waals surface area contributed by atoms with Crippen molar-refractivity contribution in [2.24, 2.45) is 0 Å². The molecule has 0 aliphatic rings. The smallest absolute Gasteiger partial charge is 0.419 e. The number of benzene rings is 2. The molecule has 0 saturated carbocycles. The van der Waals surface area contributed by atoms with Gasteiger partial charge in [0, 0.05) is 23.2 Å². The highest BCUT2D eigenvalue weighted by Crippen LogP contribution is 2.37. The van der Waals surface area contributed by atoms with Gasteiger partial charge in [0.1, 0.15) is 36.3 Å². The number of hydrogen-bond donors (Lipinski definition) is 1. The van der Waals surface area contributed by atoms with Gasteiger partial charge in [-0.15, -0.1) is 11.3 Å². The Morgan fingerprint density at radius 2 is 1.81 bits per heavy atom. The maximum atomic E-state index is 13.3. The number of methoxy groups -OCH3 is 1. The van der Waals surface area contributed by atoms with Crippen molar-refractivity contribution in [3.8, 4) is 17.2 Å². The normalized spacial score (nSPS) is 11.4. The van der Waals surface area contributed by atoms with Gasteiger partial charge in [-0.2, -0.15) is 13.2 Å². The number of nitrogens with two attached hydrogens (primary N) is 1. The number of aromatic nitrogens is 1. The van der Waals surface area contributed by atoms with E-state index in [1.165, 1.54) is 36.8 Å². The molecule has 4 aromatic rings. The summed E-state index contributed by atoms with van der Waals surface area (Å²) in [6.45, 7) is 2.04. The molecule has 0 saturated heterocycles. The number of esters is 1. The van der Waals surface area contributed by atoms with E-state index >= 15 is 0 Å². The number of hydrogen-bond acceptors (Lipinski definition) is 8. The highest BCUT2D eigenvalue weighted by Gasteiger charge is 2.34. The van der Waals surface area contributed by atoms with E-state index in [0.29, 0.717) is 32.7 Å². The van der Waals surface area contributed by atoms with Crippen molar-refractivity contribution in [3.05, 3.63) is 76.3 Å². The molecule has 0 spiro atoms. The Morgan fingerprint density at radius 1 is 1.08 bits per heavy atom. The third-order valence-electron chi connectivity index (χ3n) is 5.37. The molecule has 0 unspecified atom stereocenters. The number of nitrogens with zero attached hydrogens (tertiary/aromatic N) is 1. The monoisotopic (exact) mass is 532 g/mol. The first kappa shape index (κ1) is 26.1. The van der Waals surface area contributed by atoms with Gasteiger partial charge in [-0.1, -0.05) is 12.1 Å². The summed E-state index contributed by atoms with van der Waals surface area (Å²) in [6, 6.07) is 10.5. The zero-order chi connectivity index (χ0) is 26.6. The van der Waals surface area contributed by atoms with Crippen LogP contribution in [-0.2, 0) is 24.1 Å². The van der Waals surface area contributed by atoms with Gasteiger partial charge >= 0.3 is 12.1 Å². The first-order chi connectivity index (χ1) is 17.7. The average Bonchev–Trinajstić information content (AvgIpc) is 3.31. The number of fused-ring (bicyclic) bond motifs is 1. The average molecular weight is 533 g/mol. The van der Waals surface area contributed by atoms with Crippen molar-refractivity contribution in [2.75, 3.05) is 19.5 Å². The molecule has 0 aliphatic carbocycles. The van der Waals surface area contributed by atoms with Gasteiger partial charge in [-0.3, -0.25) is 0 Å². The zero-order valence-corrected chi connectivity index (χ0v) is 20.7. The van der Waals surface area contributed by atoms with E-state index in [1.807, 2.05) is 5.38 Å². The van der Waals surface area contributed by atoms with Crippen molar-refractivity contribution in [3.63, 3.8) is 0 Å². The van der Waals surface area contributed by atoms with E-state index in [-0.39, 0.29) is 31.4 Å². The first-order valence-corrected chi connectivity index (χ1v) is 12.0. The van der Waals surface area contributed by atoms with Gasteiger partial charge in [-0.25, -0.2) is 9.78 Å². The van der Waals surface area contributed by atoms with Crippen LogP contribution in [-0.4, -0.2) is 24.7 Å². The van der Waals surface area contributed by atoms with E-state index in [9.17, 15) is 18.0 Å². The number of alkyl halides is 3. The summed E-state index contributed by atoms with van der Waals surface area (Å²) >= 11 is 1.34. The maximum Gasteiger partial charge on any atom is 0.419 e. The Hall–Kier alpha value is -3.99. The lowest BCUT2D eigenvalue weighted by Gasteiger charge is -2.14. The van der Waals surface area contributed by atoms with E-state index < -0.39 is 17.7 Å². The van der Waals surface area contributed by atoms with Crippen LogP contribution in [0.1, 0.15) is 34.0 Å². The number of thiophene rings is 1. The summed E-state index contributed by atoms with van der Waals surface area (Å²) < 4.78 is 62.0. The molecule has 2 aromatic heterocycles. The summed E-state index contributed by atoms with van der Waals surface area (Å²) in [5.41, 5.74) is 6.64. The number of carbonyl (C=O) groups excluding carboxylic acids is 1. The Labute approximate surface area is 214 Å². The molecular weight excluding hydrogens is 509 g/mol. The SMILES string of the molecule is CCOC(=O)c1cnc(N)c2c(COc3cccc(OCc4ccc(OC)c(C(F)(F)F)c4)c3)csc12. The maximum absolute atomic E-state index is 13.3. The fourth-order valence-corrected chi connectivity index (χ4v) is 4.70. The predicted octanol–water partition coefficient (Wildman–Crippen LogP) is 6.24. The van der Waals surface area contributed by atoms with Crippen molar-refractivity contribution in [1.82, 2.24) is 4.98 Å². The van der Waals surface area contributed by atoms with Crippen LogP contribution in [0.25, 0.3) is 10.1 Å². The Kier molecular flexibility index (Phi) is 7.72. The Morgan fingerprint density at radius 3 is 2.49 bits per heavy atom.